The lowest BCUT2D eigenvalue weighted by Crippen LogP contribution is -2.23. The number of aromatic amines is 1. The number of nitrogen functional groups attached to an aromatic ring is 2. The van der Waals surface area contributed by atoms with Gasteiger partial charge in [-0.05, 0) is 77.9 Å². The van der Waals surface area contributed by atoms with E-state index < -0.39 is 0 Å². The Balaban J connectivity index is 0.000000169. The van der Waals surface area contributed by atoms with E-state index in [1.165, 1.54) is 19.6 Å². The maximum Gasteiger partial charge on any atom is 0.251 e. The van der Waals surface area contributed by atoms with Crippen LogP contribution in [-0.2, 0) is 22.9 Å². The van der Waals surface area contributed by atoms with Gasteiger partial charge in [-0.25, -0.2) is 29.3 Å². The van der Waals surface area contributed by atoms with E-state index in [1.807, 2.05) is 69.5 Å². The Morgan fingerprint density at radius 1 is 0.745 bits per heavy atom. The Morgan fingerprint density at radius 3 is 1.91 bits per heavy atom. The van der Waals surface area contributed by atoms with Crippen molar-refractivity contribution in [2.24, 2.45) is 7.05 Å². The van der Waals surface area contributed by atoms with Gasteiger partial charge in [0.2, 0.25) is 5.91 Å². The van der Waals surface area contributed by atoms with E-state index in [-0.39, 0.29) is 22.9 Å². The van der Waals surface area contributed by atoms with Crippen LogP contribution in [0.5, 0.6) is 0 Å². The average molecular weight is 741 g/mol. The van der Waals surface area contributed by atoms with Gasteiger partial charge in [-0.15, -0.1) is 0 Å². The molecule has 2 aromatic carbocycles. The van der Waals surface area contributed by atoms with Gasteiger partial charge >= 0.3 is 0 Å². The van der Waals surface area contributed by atoms with Crippen LogP contribution in [0.3, 0.4) is 0 Å². The molecule has 0 radical (unpaired) electrons. The summed E-state index contributed by atoms with van der Waals surface area (Å²) >= 11 is 0. The van der Waals surface area contributed by atoms with Crippen LogP contribution < -0.4 is 22.1 Å². The highest BCUT2D eigenvalue weighted by Gasteiger charge is 2.27. The van der Waals surface area contributed by atoms with Crippen molar-refractivity contribution in [2.45, 2.75) is 59.5 Å². The molecule has 16 nitrogen and oxygen atoms in total. The zero-order chi connectivity index (χ0) is 39.6. The van der Waals surface area contributed by atoms with Crippen LogP contribution in [0.25, 0.3) is 66.6 Å². The molecule has 0 aliphatic rings. The standard InChI is InChI=1S/C20H23N7O.C19H21N7O/c1-20(2,3)27-18-15(17(21)23-10-24-18)16(25-27)14-8-11-6-7-12(19(28)22-4)9-13(11)26(14)5;1-10(27)23-12-6-5-11-7-14(24-13(11)8-12)16-15-17(20)21-9-22-18(15)26(25-16)19(2,3)4/h6-10H,1-5H3,(H,22,28)(H2,21,23,24);5-9,24H,1-4H3,(H,23,27)(H2,20,21,22). The second-order valence-corrected chi connectivity index (χ2v) is 15.4. The first kappa shape index (κ1) is 36.5. The largest absolute Gasteiger partial charge is 0.383 e. The molecule has 282 valence electrons. The van der Waals surface area contributed by atoms with Crippen LogP contribution >= 0.6 is 0 Å². The number of anilines is 3. The Hall–Kier alpha value is -6.84. The van der Waals surface area contributed by atoms with Gasteiger partial charge in [0, 0.05) is 54.1 Å². The first-order valence-corrected chi connectivity index (χ1v) is 17.7. The number of carbonyl (C=O) groups excluding carboxylic acids is 2. The van der Waals surface area contributed by atoms with Gasteiger partial charge in [0.15, 0.2) is 11.3 Å². The van der Waals surface area contributed by atoms with Crippen molar-refractivity contribution >= 4 is 73.0 Å². The lowest BCUT2D eigenvalue weighted by atomic mass is 10.1. The fourth-order valence-electron chi connectivity index (χ4n) is 6.63. The highest BCUT2D eigenvalue weighted by atomic mass is 16.2. The number of nitrogens with two attached hydrogens (primary N) is 2. The van der Waals surface area contributed by atoms with E-state index in [0.29, 0.717) is 34.2 Å². The molecule has 7 N–H and O–H groups in total. The summed E-state index contributed by atoms with van der Waals surface area (Å²) in [6.45, 7) is 13.9. The topological polar surface area (TPSA) is 218 Å². The highest BCUT2D eigenvalue weighted by Crippen LogP contribution is 2.37. The number of nitrogens with one attached hydrogen (secondary N) is 3. The zero-order valence-electron chi connectivity index (χ0n) is 32.3. The molecule has 0 aliphatic carbocycles. The van der Waals surface area contributed by atoms with E-state index >= 15 is 0 Å². The van der Waals surface area contributed by atoms with Crippen LogP contribution in [0.15, 0.2) is 61.2 Å². The van der Waals surface area contributed by atoms with Crippen molar-refractivity contribution in [2.75, 3.05) is 23.8 Å². The number of fused-ring (bicyclic) bond motifs is 4. The number of hydrogen-bond donors (Lipinski definition) is 5. The third-order valence-electron chi connectivity index (χ3n) is 9.23. The molecule has 0 atom stereocenters. The van der Waals surface area contributed by atoms with Gasteiger partial charge in [-0.1, -0.05) is 12.1 Å². The summed E-state index contributed by atoms with van der Waals surface area (Å²) in [5.41, 5.74) is 19.5. The predicted octanol–water partition coefficient (Wildman–Crippen LogP) is 5.95. The fourth-order valence-corrected chi connectivity index (χ4v) is 6.63. The van der Waals surface area contributed by atoms with Crippen LogP contribution in [0, 0.1) is 0 Å². The van der Waals surface area contributed by atoms with E-state index in [4.69, 9.17) is 21.7 Å². The molecule has 6 aromatic heterocycles. The Morgan fingerprint density at radius 2 is 1.33 bits per heavy atom. The van der Waals surface area contributed by atoms with Crippen molar-refractivity contribution in [3.8, 4) is 22.8 Å². The Labute approximate surface area is 316 Å². The van der Waals surface area contributed by atoms with Gasteiger partial charge in [0.1, 0.15) is 35.7 Å². The Bertz CT molecular complexity index is 2790. The summed E-state index contributed by atoms with van der Waals surface area (Å²) in [5, 5.41) is 18.6. The van der Waals surface area contributed by atoms with E-state index in [9.17, 15) is 9.59 Å². The van der Waals surface area contributed by atoms with Gasteiger partial charge in [0.05, 0.1) is 33.2 Å². The van der Waals surface area contributed by atoms with Crippen LogP contribution in [-0.4, -0.2) is 67.9 Å². The summed E-state index contributed by atoms with van der Waals surface area (Å²) in [5.74, 6) is 0.556. The van der Waals surface area contributed by atoms with Crippen LogP contribution in [0.2, 0.25) is 0 Å². The third-order valence-corrected chi connectivity index (χ3v) is 9.23. The number of amides is 2. The van der Waals surface area contributed by atoms with E-state index in [0.717, 1.165) is 55.3 Å². The molecule has 0 spiro atoms. The molecule has 6 heterocycles. The first-order chi connectivity index (χ1) is 26.0. The summed E-state index contributed by atoms with van der Waals surface area (Å²) in [6.07, 6.45) is 2.92. The summed E-state index contributed by atoms with van der Waals surface area (Å²) in [6, 6.07) is 15.4. The molecule has 55 heavy (non-hydrogen) atoms. The molecular formula is C39H44N14O2. The number of hydrogen-bond acceptors (Lipinski definition) is 10. The lowest BCUT2D eigenvalue weighted by molar-refractivity contribution is -0.114. The second kappa shape index (κ2) is 13.2. The van der Waals surface area contributed by atoms with Crippen molar-refractivity contribution in [3.63, 3.8) is 0 Å². The van der Waals surface area contributed by atoms with Gasteiger partial charge in [-0.3, -0.25) is 9.59 Å². The molecular weight excluding hydrogens is 697 g/mol. The van der Waals surface area contributed by atoms with Crippen molar-refractivity contribution in [1.82, 2.24) is 54.4 Å². The van der Waals surface area contributed by atoms with Gasteiger partial charge in [0.25, 0.3) is 5.91 Å². The minimum Gasteiger partial charge on any atom is -0.383 e. The van der Waals surface area contributed by atoms with Gasteiger partial charge in [-0.2, -0.15) is 10.2 Å². The maximum absolute atomic E-state index is 12.0. The van der Waals surface area contributed by atoms with Gasteiger partial charge < -0.3 is 31.7 Å². The quantitative estimate of drug-likeness (QED) is 0.143. The normalized spacial score (nSPS) is 12.0. The molecule has 2 amide bonds. The maximum atomic E-state index is 12.0. The smallest absolute Gasteiger partial charge is 0.251 e. The minimum absolute atomic E-state index is 0.110. The Kier molecular flexibility index (Phi) is 8.78. The second-order valence-electron chi connectivity index (χ2n) is 15.4. The SMILES string of the molecule is CC(=O)Nc1ccc2cc(-c3nn(C(C)(C)C)c4ncnc(N)c34)[nH]c2c1.CNC(=O)c1ccc2cc(-c3nn(C(C)(C)C)c4ncnc(N)c34)n(C)c2c1. The van der Waals surface area contributed by atoms with E-state index in [1.54, 1.807) is 7.05 Å². The number of carbonyl (C=O) groups is 2. The number of aromatic nitrogens is 10. The summed E-state index contributed by atoms with van der Waals surface area (Å²) < 4.78 is 5.76. The molecule has 8 rings (SSSR count). The summed E-state index contributed by atoms with van der Waals surface area (Å²) in [7, 11) is 3.57. The molecule has 0 bridgehead atoms. The molecule has 0 unspecified atom stereocenters. The van der Waals surface area contributed by atoms with Crippen LogP contribution in [0.1, 0.15) is 58.8 Å². The fraction of sp³-hybridized carbons (Fsp3) is 0.282. The zero-order valence-corrected chi connectivity index (χ0v) is 32.3. The number of rotatable bonds is 4. The number of aryl methyl sites for hydroxylation is 1. The first-order valence-electron chi connectivity index (χ1n) is 17.7. The monoisotopic (exact) mass is 740 g/mol. The number of H-pyrrole nitrogens is 1. The molecule has 0 saturated heterocycles. The predicted molar refractivity (Wildman–Crippen MR) is 216 cm³/mol. The number of nitrogens with zero attached hydrogens (tertiary/aromatic N) is 9. The molecule has 8 aromatic rings. The summed E-state index contributed by atoms with van der Waals surface area (Å²) in [4.78, 5) is 43.8. The third kappa shape index (κ3) is 6.55. The molecule has 0 aliphatic heterocycles. The average Bonchev–Trinajstić information content (AvgIpc) is 3.89. The molecule has 0 saturated carbocycles. The minimum atomic E-state index is -0.270. The molecule has 16 heteroatoms. The van der Waals surface area contributed by atoms with Crippen molar-refractivity contribution in [1.29, 1.82) is 0 Å². The van der Waals surface area contributed by atoms with E-state index in [2.05, 4.69) is 77.1 Å². The molecule has 0 fully saturated rings. The lowest BCUT2D eigenvalue weighted by Gasteiger charge is -2.19. The van der Waals surface area contributed by atoms with Crippen molar-refractivity contribution in [3.05, 3.63) is 66.7 Å². The van der Waals surface area contributed by atoms with Crippen LogP contribution in [0.4, 0.5) is 17.3 Å². The highest BCUT2D eigenvalue weighted by molar-refractivity contribution is 6.03. The van der Waals surface area contributed by atoms with Crippen molar-refractivity contribution < 1.29 is 9.59 Å². The number of benzene rings is 2.